The molecule has 0 aliphatic carbocycles. The Morgan fingerprint density at radius 1 is 1.50 bits per heavy atom. The summed E-state index contributed by atoms with van der Waals surface area (Å²) in [6.45, 7) is 1.70. The van der Waals surface area contributed by atoms with Crippen LogP contribution >= 0.6 is 0 Å². The molecule has 0 aliphatic heterocycles. The second kappa shape index (κ2) is 6.02. The summed E-state index contributed by atoms with van der Waals surface area (Å²) in [5.41, 5.74) is 5.70. The molecule has 98 valence electrons. The number of carboxylic acid groups (broad SMARTS) is 1. The lowest BCUT2D eigenvalue weighted by atomic mass is 10.1. The van der Waals surface area contributed by atoms with Gasteiger partial charge in [-0.1, -0.05) is 0 Å². The zero-order valence-corrected chi connectivity index (χ0v) is 10.3. The van der Waals surface area contributed by atoms with Crippen molar-refractivity contribution in [3.05, 3.63) is 23.8 Å². The van der Waals surface area contributed by atoms with Gasteiger partial charge in [0, 0.05) is 12.5 Å². The molecule has 6 nitrogen and oxygen atoms in total. The van der Waals surface area contributed by atoms with Gasteiger partial charge in [-0.3, -0.25) is 4.79 Å². The molecule has 0 aliphatic rings. The van der Waals surface area contributed by atoms with Crippen LogP contribution in [0.15, 0.2) is 18.2 Å². The standard InChI is InChI=1S/C12H16N2O4/c1-7(13)5-11(15)14-10-4-3-8(18-2)6-9(10)12(16)17/h3-4,6-7H,5,13H2,1-2H3,(H,14,15)(H,16,17). The molecule has 0 spiro atoms. The lowest BCUT2D eigenvalue weighted by Crippen LogP contribution is -2.24. The number of carboxylic acids is 1. The number of anilines is 1. The Morgan fingerprint density at radius 3 is 2.67 bits per heavy atom. The van der Waals surface area contributed by atoms with E-state index in [1.807, 2.05) is 0 Å². The highest BCUT2D eigenvalue weighted by Gasteiger charge is 2.14. The molecule has 4 N–H and O–H groups in total. The van der Waals surface area contributed by atoms with Crippen molar-refractivity contribution in [3.63, 3.8) is 0 Å². The maximum absolute atomic E-state index is 11.5. The molecule has 6 heteroatoms. The quantitative estimate of drug-likeness (QED) is 0.727. The van der Waals surface area contributed by atoms with E-state index in [4.69, 9.17) is 15.6 Å². The van der Waals surface area contributed by atoms with E-state index in [1.54, 1.807) is 13.0 Å². The van der Waals surface area contributed by atoms with Gasteiger partial charge >= 0.3 is 5.97 Å². The first kappa shape index (κ1) is 14.0. The van der Waals surface area contributed by atoms with Gasteiger partial charge in [0.05, 0.1) is 18.4 Å². The fourth-order valence-corrected chi connectivity index (χ4v) is 1.43. The van der Waals surface area contributed by atoms with Crippen LogP contribution in [-0.4, -0.2) is 30.1 Å². The molecule has 0 fully saturated rings. The molecule has 0 radical (unpaired) electrons. The molecule has 0 saturated heterocycles. The van der Waals surface area contributed by atoms with Gasteiger partial charge in [0.1, 0.15) is 5.75 Å². The van der Waals surface area contributed by atoms with Gasteiger partial charge in [-0.05, 0) is 25.1 Å². The fraction of sp³-hybridized carbons (Fsp3) is 0.333. The van der Waals surface area contributed by atoms with Crippen molar-refractivity contribution >= 4 is 17.6 Å². The number of nitrogens with two attached hydrogens (primary N) is 1. The zero-order chi connectivity index (χ0) is 13.7. The molecule has 1 aromatic carbocycles. The van der Waals surface area contributed by atoms with E-state index in [0.29, 0.717) is 5.75 Å². The van der Waals surface area contributed by atoms with Gasteiger partial charge in [0.2, 0.25) is 5.91 Å². The smallest absolute Gasteiger partial charge is 0.337 e. The van der Waals surface area contributed by atoms with Crippen molar-refractivity contribution in [2.45, 2.75) is 19.4 Å². The molecule has 0 bridgehead atoms. The van der Waals surface area contributed by atoms with Gasteiger partial charge in [0.15, 0.2) is 0 Å². The third-order valence-corrected chi connectivity index (χ3v) is 2.24. The van der Waals surface area contributed by atoms with Gasteiger partial charge in [-0.2, -0.15) is 0 Å². The number of ether oxygens (including phenoxy) is 1. The van der Waals surface area contributed by atoms with E-state index in [-0.39, 0.29) is 29.6 Å². The fourth-order valence-electron chi connectivity index (χ4n) is 1.43. The monoisotopic (exact) mass is 252 g/mol. The van der Waals surface area contributed by atoms with Gasteiger partial charge in [-0.15, -0.1) is 0 Å². The number of nitrogens with one attached hydrogen (secondary N) is 1. The topological polar surface area (TPSA) is 102 Å². The van der Waals surface area contributed by atoms with E-state index in [9.17, 15) is 9.59 Å². The third kappa shape index (κ3) is 3.74. The van der Waals surface area contributed by atoms with E-state index in [0.717, 1.165) is 0 Å². The number of hydrogen-bond acceptors (Lipinski definition) is 4. The van der Waals surface area contributed by atoms with Crippen LogP contribution < -0.4 is 15.8 Å². The first-order valence-corrected chi connectivity index (χ1v) is 5.40. The zero-order valence-electron chi connectivity index (χ0n) is 10.3. The highest BCUT2D eigenvalue weighted by atomic mass is 16.5. The van der Waals surface area contributed by atoms with Gasteiger partial charge in [0.25, 0.3) is 0 Å². The van der Waals surface area contributed by atoms with Crippen molar-refractivity contribution < 1.29 is 19.4 Å². The maximum Gasteiger partial charge on any atom is 0.337 e. The number of rotatable bonds is 5. The molecule has 1 unspecified atom stereocenters. The van der Waals surface area contributed by atoms with Crippen LogP contribution in [0, 0.1) is 0 Å². The third-order valence-electron chi connectivity index (χ3n) is 2.24. The van der Waals surface area contributed by atoms with Crippen LogP contribution in [0.5, 0.6) is 5.75 Å². The molecular formula is C12H16N2O4. The molecule has 1 atom stereocenters. The molecule has 0 aromatic heterocycles. The van der Waals surface area contributed by atoms with Crippen molar-refractivity contribution in [2.75, 3.05) is 12.4 Å². The van der Waals surface area contributed by atoms with E-state index in [2.05, 4.69) is 5.32 Å². The summed E-state index contributed by atoms with van der Waals surface area (Å²) in [4.78, 5) is 22.6. The molecule has 0 heterocycles. The van der Waals surface area contributed by atoms with Crippen LogP contribution in [0.1, 0.15) is 23.7 Å². The largest absolute Gasteiger partial charge is 0.497 e. The first-order chi connectivity index (χ1) is 8.43. The predicted molar refractivity (Wildman–Crippen MR) is 66.8 cm³/mol. The lowest BCUT2D eigenvalue weighted by Gasteiger charge is -2.11. The summed E-state index contributed by atoms with van der Waals surface area (Å²) >= 11 is 0. The summed E-state index contributed by atoms with van der Waals surface area (Å²) in [7, 11) is 1.44. The van der Waals surface area contributed by atoms with Crippen LogP contribution in [0.4, 0.5) is 5.69 Å². The Kier molecular flexibility index (Phi) is 4.67. The second-order valence-corrected chi connectivity index (χ2v) is 3.95. The molecular weight excluding hydrogens is 236 g/mol. The summed E-state index contributed by atoms with van der Waals surface area (Å²) in [6.07, 6.45) is 0.130. The highest BCUT2D eigenvalue weighted by molar-refractivity contribution is 6.00. The van der Waals surface area contributed by atoms with E-state index >= 15 is 0 Å². The van der Waals surface area contributed by atoms with Crippen molar-refractivity contribution in [1.29, 1.82) is 0 Å². The minimum Gasteiger partial charge on any atom is -0.497 e. The lowest BCUT2D eigenvalue weighted by molar-refractivity contribution is -0.116. The minimum atomic E-state index is -1.13. The molecule has 0 saturated carbocycles. The summed E-state index contributed by atoms with van der Waals surface area (Å²) < 4.78 is 4.93. The maximum atomic E-state index is 11.5. The SMILES string of the molecule is COc1ccc(NC(=O)CC(C)N)c(C(=O)O)c1. The van der Waals surface area contributed by atoms with E-state index in [1.165, 1.54) is 19.2 Å². The Bertz CT molecular complexity index is 457. The number of benzene rings is 1. The number of carbonyl (C=O) groups excluding carboxylic acids is 1. The van der Waals surface area contributed by atoms with Crippen molar-refractivity contribution in [3.8, 4) is 5.75 Å². The minimum absolute atomic E-state index is 0.0209. The molecule has 1 amide bonds. The first-order valence-electron chi connectivity index (χ1n) is 5.40. The van der Waals surface area contributed by atoms with Crippen LogP contribution in [-0.2, 0) is 4.79 Å². The number of methoxy groups -OCH3 is 1. The second-order valence-electron chi connectivity index (χ2n) is 3.95. The highest BCUT2D eigenvalue weighted by Crippen LogP contribution is 2.22. The average Bonchev–Trinajstić information content (AvgIpc) is 2.28. The number of aromatic carboxylic acids is 1. The normalized spacial score (nSPS) is 11.7. The summed E-state index contributed by atoms with van der Waals surface area (Å²) in [6, 6.07) is 4.13. The predicted octanol–water partition coefficient (Wildman–Crippen LogP) is 1.07. The van der Waals surface area contributed by atoms with Gasteiger partial charge in [-0.25, -0.2) is 4.79 Å². The van der Waals surface area contributed by atoms with E-state index < -0.39 is 5.97 Å². The number of amides is 1. The number of carbonyl (C=O) groups is 2. The summed E-state index contributed by atoms with van der Waals surface area (Å²) in [5, 5.41) is 11.6. The molecule has 1 aromatic rings. The molecule has 1 rings (SSSR count). The Hall–Kier alpha value is -2.08. The van der Waals surface area contributed by atoms with Crippen LogP contribution in [0.3, 0.4) is 0 Å². The van der Waals surface area contributed by atoms with Crippen LogP contribution in [0.25, 0.3) is 0 Å². The van der Waals surface area contributed by atoms with Gasteiger partial charge < -0.3 is 20.9 Å². The van der Waals surface area contributed by atoms with Crippen molar-refractivity contribution in [1.82, 2.24) is 0 Å². The number of hydrogen-bond donors (Lipinski definition) is 3. The Balaban J connectivity index is 2.94. The molecule has 18 heavy (non-hydrogen) atoms. The Morgan fingerprint density at radius 2 is 2.17 bits per heavy atom. The average molecular weight is 252 g/mol. The van der Waals surface area contributed by atoms with Crippen molar-refractivity contribution in [2.24, 2.45) is 5.73 Å². The van der Waals surface area contributed by atoms with Crippen LogP contribution in [0.2, 0.25) is 0 Å². The summed E-state index contributed by atoms with van der Waals surface area (Å²) in [5.74, 6) is -1.04. The Labute approximate surface area is 105 Å².